The zero-order chi connectivity index (χ0) is 45.4. The van der Waals surface area contributed by atoms with Crippen LogP contribution in [0.4, 0.5) is 0 Å². The molecule has 14 rings (SSSR count). The molecule has 0 aliphatic carbocycles. The van der Waals surface area contributed by atoms with Crippen molar-refractivity contribution in [2.75, 3.05) is 0 Å². The number of hydrogen-bond donors (Lipinski definition) is 1. The maximum absolute atomic E-state index is 7.41. The van der Waals surface area contributed by atoms with Crippen molar-refractivity contribution in [3.8, 4) is 33.6 Å². The number of rotatable bonds is 7. The van der Waals surface area contributed by atoms with Crippen LogP contribution < -0.4 is 5.32 Å². The van der Waals surface area contributed by atoms with Crippen molar-refractivity contribution < 1.29 is 4.42 Å². The fourth-order valence-corrected chi connectivity index (χ4v) is 10.7. The number of benzene rings is 10. The lowest BCUT2D eigenvalue weighted by Gasteiger charge is -2.25. The number of aliphatic imine (C=N–C) groups is 2. The number of furan rings is 1. The van der Waals surface area contributed by atoms with Crippen molar-refractivity contribution in [1.29, 1.82) is 0 Å². The minimum atomic E-state index is -0.495. The molecule has 3 aromatic heterocycles. The van der Waals surface area contributed by atoms with Crippen molar-refractivity contribution in [3.05, 3.63) is 253 Å². The Morgan fingerprint density at radius 3 is 1.52 bits per heavy atom. The Balaban J connectivity index is 1.01. The Morgan fingerprint density at radius 1 is 0.377 bits per heavy atom. The lowest BCUT2D eigenvalue weighted by atomic mass is 9.93. The van der Waals surface area contributed by atoms with Gasteiger partial charge in [-0.1, -0.05) is 176 Å². The quantitative estimate of drug-likeness (QED) is 0.173. The molecule has 0 saturated carbocycles. The number of hydrogen-bond acceptors (Lipinski definition) is 4. The molecule has 6 heteroatoms. The van der Waals surface area contributed by atoms with Crippen LogP contribution in [0.15, 0.2) is 251 Å². The fraction of sp³-hybridized carbons (Fsp3) is 0.0159. The molecule has 1 N–H and O–H groups in total. The van der Waals surface area contributed by atoms with E-state index in [1.54, 1.807) is 0 Å². The summed E-state index contributed by atoms with van der Waals surface area (Å²) in [7, 11) is 0. The highest BCUT2D eigenvalue weighted by atomic mass is 16.3. The second-order valence-electron chi connectivity index (χ2n) is 17.7. The van der Waals surface area contributed by atoms with Crippen molar-refractivity contribution in [1.82, 2.24) is 14.5 Å². The van der Waals surface area contributed by atoms with Crippen molar-refractivity contribution in [2.24, 2.45) is 9.98 Å². The molecule has 69 heavy (non-hydrogen) atoms. The van der Waals surface area contributed by atoms with Crippen molar-refractivity contribution in [3.63, 3.8) is 0 Å². The maximum atomic E-state index is 7.41. The minimum Gasteiger partial charge on any atom is -0.455 e. The number of fused-ring (bicyclic) bond motifs is 9. The molecule has 0 fully saturated rings. The first-order chi connectivity index (χ1) is 34.2. The summed E-state index contributed by atoms with van der Waals surface area (Å²) in [6.07, 6.45) is -0.495. The average molecular weight is 884 g/mol. The molecule has 13 aromatic rings. The van der Waals surface area contributed by atoms with E-state index < -0.39 is 6.17 Å². The van der Waals surface area contributed by atoms with Crippen molar-refractivity contribution >= 4 is 77.2 Å². The van der Waals surface area contributed by atoms with E-state index in [2.05, 4.69) is 215 Å². The minimum absolute atomic E-state index is 0.495. The van der Waals surface area contributed by atoms with Crippen LogP contribution in [0.5, 0.6) is 0 Å². The van der Waals surface area contributed by atoms with Gasteiger partial charge in [0.15, 0.2) is 5.84 Å². The Kier molecular flexibility index (Phi) is 8.86. The number of aromatic nitrogens is 2. The summed E-state index contributed by atoms with van der Waals surface area (Å²) in [5.41, 5.74) is 15.6. The first-order valence-electron chi connectivity index (χ1n) is 23.4. The van der Waals surface area contributed by atoms with Gasteiger partial charge in [-0.15, -0.1) is 0 Å². The van der Waals surface area contributed by atoms with Crippen LogP contribution in [-0.4, -0.2) is 20.8 Å². The van der Waals surface area contributed by atoms with E-state index in [0.29, 0.717) is 5.84 Å². The summed E-state index contributed by atoms with van der Waals surface area (Å²) < 4.78 is 12.1. The summed E-state index contributed by atoms with van der Waals surface area (Å²) in [5.74, 6) is 1.43. The maximum Gasteiger partial charge on any atom is 0.159 e. The van der Waals surface area contributed by atoms with Gasteiger partial charge in [0.25, 0.3) is 0 Å². The molecule has 6 nitrogen and oxygen atoms in total. The van der Waals surface area contributed by atoms with Gasteiger partial charge in [0.05, 0.1) is 22.1 Å². The number of nitrogens with one attached hydrogen (secondary N) is 1. The molecule has 0 amide bonds. The van der Waals surface area contributed by atoms with Gasteiger partial charge in [0, 0.05) is 71.5 Å². The molecule has 1 aliphatic rings. The van der Waals surface area contributed by atoms with Crippen molar-refractivity contribution in [2.45, 2.75) is 6.17 Å². The van der Waals surface area contributed by atoms with Gasteiger partial charge in [-0.3, -0.25) is 0 Å². The van der Waals surface area contributed by atoms with Gasteiger partial charge >= 0.3 is 0 Å². The largest absolute Gasteiger partial charge is 0.455 e. The Morgan fingerprint density at radius 2 is 0.884 bits per heavy atom. The molecule has 1 atom stereocenters. The number of amidine groups is 2. The SMILES string of the molecule is c1ccc(C2=NC(c3ccc4c(oc5c(-c6ccc7c(c6)c6ccccc6n7-c6ccccc6)cccc54)c3-c3ccc4c(c3)c3ccccc3n4-c3ccccc3)NC(c3ccccc3)=N2)cc1. The summed E-state index contributed by atoms with van der Waals surface area (Å²) in [5, 5.41) is 10.6. The van der Waals surface area contributed by atoms with E-state index >= 15 is 0 Å². The van der Waals surface area contributed by atoms with Crippen LogP contribution in [-0.2, 0) is 0 Å². The lowest BCUT2D eigenvalue weighted by molar-refractivity contribution is 0.658. The van der Waals surface area contributed by atoms with E-state index in [0.717, 1.165) is 100 Å². The second kappa shape index (κ2) is 15.7. The van der Waals surface area contributed by atoms with E-state index in [4.69, 9.17) is 14.4 Å². The van der Waals surface area contributed by atoms with Crippen LogP contribution in [0.1, 0.15) is 22.9 Å². The predicted octanol–water partition coefficient (Wildman–Crippen LogP) is 15.6. The Labute approximate surface area is 397 Å². The zero-order valence-corrected chi connectivity index (χ0v) is 37.3. The average Bonchev–Trinajstić information content (AvgIpc) is 4.09. The van der Waals surface area contributed by atoms with Gasteiger partial charge in [0.2, 0.25) is 0 Å². The molecule has 0 bridgehead atoms. The summed E-state index contributed by atoms with van der Waals surface area (Å²) in [4.78, 5) is 10.6. The summed E-state index contributed by atoms with van der Waals surface area (Å²) in [6, 6.07) is 83.8. The molecular weight excluding hydrogens is 843 g/mol. The van der Waals surface area contributed by atoms with Crippen LogP contribution >= 0.6 is 0 Å². The fourth-order valence-electron chi connectivity index (χ4n) is 10.7. The third-order valence-electron chi connectivity index (χ3n) is 13.8. The molecule has 0 spiro atoms. The lowest BCUT2D eigenvalue weighted by Crippen LogP contribution is -2.33. The van der Waals surface area contributed by atoms with Crippen LogP contribution in [0.2, 0.25) is 0 Å². The third-order valence-corrected chi connectivity index (χ3v) is 13.8. The molecule has 1 unspecified atom stereocenters. The standard InChI is InChI=1S/C63H41N5O/c1-5-18-40(19-6-1)61-64-62(41-20-7-2-8-21-41)66-63(65-61)51-35-34-50-49-29-17-28-46(42-32-36-56-52(38-42)47-26-13-15-30-54(47)67(56)44-22-9-3-10-23-44)59(49)69-60(50)58(51)43-33-37-57-53(39-43)48-27-14-16-31-55(48)68(57)45-24-11-4-12-25-45/h1-39,63H,(H,64,65,66). The van der Waals surface area contributed by atoms with Gasteiger partial charge in [0.1, 0.15) is 23.2 Å². The number of nitrogens with zero attached hydrogens (tertiary/aromatic N) is 4. The molecule has 324 valence electrons. The number of para-hydroxylation sites is 5. The second-order valence-corrected chi connectivity index (χ2v) is 17.7. The van der Waals surface area contributed by atoms with Crippen LogP contribution in [0, 0.1) is 0 Å². The van der Waals surface area contributed by atoms with E-state index in [-0.39, 0.29) is 0 Å². The molecule has 0 radical (unpaired) electrons. The summed E-state index contributed by atoms with van der Waals surface area (Å²) >= 11 is 0. The predicted molar refractivity (Wildman–Crippen MR) is 285 cm³/mol. The van der Waals surface area contributed by atoms with Crippen LogP contribution in [0.25, 0.3) is 99.2 Å². The van der Waals surface area contributed by atoms with Gasteiger partial charge in [-0.25, -0.2) is 9.98 Å². The van der Waals surface area contributed by atoms with E-state index in [1.807, 2.05) is 36.4 Å². The topological polar surface area (TPSA) is 59.8 Å². The van der Waals surface area contributed by atoms with Gasteiger partial charge in [-0.05, 0) is 71.8 Å². The van der Waals surface area contributed by atoms with Crippen LogP contribution in [0.3, 0.4) is 0 Å². The van der Waals surface area contributed by atoms with Gasteiger partial charge < -0.3 is 18.9 Å². The van der Waals surface area contributed by atoms with E-state index in [1.165, 1.54) is 21.7 Å². The highest BCUT2D eigenvalue weighted by molar-refractivity contribution is 6.18. The zero-order valence-electron chi connectivity index (χ0n) is 37.3. The highest BCUT2D eigenvalue weighted by Crippen LogP contribution is 2.46. The third kappa shape index (κ3) is 6.26. The monoisotopic (exact) mass is 883 g/mol. The molecular formula is C63H41N5O. The Hall–Kier alpha value is -9.26. The van der Waals surface area contributed by atoms with E-state index in [9.17, 15) is 0 Å². The van der Waals surface area contributed by atoms with Gasteiger partial charge in [-0.2, -0.15) is 0 Å². The first kappa shape index (κ1) is 39.0. The molecule has 1 aliphatic heterocycles. The normalized spacial score (nSPS) is 13.9. The summed E-state index contributed by atoms with van der Waals surface area (Å²) in [6.45, 7) is 0. The first-order valence-corrected chi connectivity index (χ1v) is 23.4. The molecule has 10 aromatic carbocycles. The smallest absolute Gasteiger partial charge is 0.159 e. The highest BCUT2D eigenvalue weighted by Gasteiger charge is 2.28. The molecule has 0 saturated heterocycles. The molecule has 4 heterocycles. The Bertz CT molecular complexity index is 4200.